The molecule has 0 amide bonds. The number of ether oxygens (including phenoxy) is 1. The van der Waals surface area contributed by atoms with Crippen molar-refractivity contribution in [2.45, 2.75) is 38.8 Å². The van der Waals surface area contributed by atoms with Crippen LogP contribution in [0.3, 0.4) is 0 Å². The fraction of sp³-hybridized carbons (Fsp3) is 0.480. The van der Waals surface area contributed by atoms with Crippen molar-refractivity contribution in [2.24, 2.45) is 5.92 Å². The molecule has 0 N–H and O–H groups in total. The fourth-order valence-corrected chi connectivity index (χ4v) is 6.11. The van der Waals surface area contributed by atoms with Crippen molar-refractivity contribution in [1.29, 1.82) is 0 Å². The number of piperidine rings is 1. The average molecular weight is 422 g/mol. The Labute approximate surface area is 183 Å². The van der Waals surface area contributed by atoms with E-state index in [9.17, 15) is 0 Å². The van der Waals surface area contributed by atoms with Gasteiger partial charge in [0.2, 0.25) is 0 Å². The molecule has 3 aromatic rings. The number of anilines is 1. The molecule has 2 fully saturated rings. The molecule has 0 radical (unpaired) electrons. The fourth-order valence-electron chi connectivity index (χ4n) is 5.17. The van der Waals surface area contributed by atoms with Crippen molar-refractivity contribution < 1.29 is 4.74 Å². The van der Waals surface area contributed by atoms with E-state index in [0.29, 0.717) is 12.1 Å². The van der Waals surface area contributed by atoms with Crippen LogP contribution >= 0.6 is 11.3 Å². The maximum atomic E-state index is 6.24. The van der Waals surface area contributed by atoms with Crippen molar-refractivity contribution in [2.75, 3.05) is 37.7 Å². The summed E-state index contributed by atoms with van der Waals surface area (Å²) in [4.78, 5) is 11.0. The van der Waals surface area contributed by atoms with E-state index >= 15 is 0 Å². The Hall–Kier alpha value is -1.95. The van der Waals surface area contributed by atoms with Gasteiger partial charge in [0.1, 0.15) is 11.1 Å². The lowest BCUT2D eigenvalue weighted by Crippen LogP contribution is -2.46. The second kappa shape index (κ2) is 9.04. The molecule has 2 aromatic heterocycles. The summed E-state index contributed by atoms with van der Waals surface area (Å²) in [5.41, 5.74) is 3.93. The summed E-state index contributed by atoms with van der Waals surface area (Å²) < 4.78 is 6.24. The van der Waals surface area contributed by atoms with Gasteiger partial charge in [0.15, 0.2) is 0 Å². The lowest BCUT2D eigenvalue weighted by atomic mass is 9.93. The Morgan fingerprint density at radius 2 is 1.83 bits per heavy atom. The van der Waals surface area contributed by atoms with E-state index in [4.69, 9.17) is 4.74 Å². The van der Waals surface area contributed by atoms with E-state index < -0.39 is 0 Å². The first-order valence-corrected chi connectivity index (χ1v) is 12.3. The summed E-state index contributed by atoms with van der Waals surface area (Å²) in [6.45, 7) is 7.52. The quantitative estimate of drug-likeness (QED) is 0.515. The predicted octanol–water partition coefficient (Wildman–Crippen LogP) is 5.64. The predicted molar refractivity (Wildman–Crippen MR) is 126 cm³/mol. The highest BCUT2D eigenvalue weighted by Gasteiger charge is 2.33. The van der Waals surface area contributed by atoms with Crippen LogP contribution in [0.15, 0.2) is 48.0 Å². The van der Waals surface area contributed by atoms with Gasteiger partial charge in [-0.2, -0.15) is 0 Å². The standard InChI is InChI=1S/C25H31N3OS/c1-2-29-25(28-14-6-7-15-28)20-11-16-27(17-12-20)22-10-13-26-24-23(22)21(18-30-24)19-8-4-3-5-9-19/h3-5,8-10,13,18,20,25H,2,6-7,11-12,14-17H2,1H3. The number of benzene rings is 1. The van der Waals surface area contributed by atoms with Crippen LogP contribution in [-0.2, 0) is 4.74 Å². The van der Waals surface area contributed by atoms with Gasteiger partial charge in [-0.15, -0.1) is 11.3 Å². The summed E-state index contributed by atoms with van der Waals surface area (Å²) in [5, 5.41) is 3.58. The molecule has 30 heavy (non-hydrogen) atoms. The maximum absolute atomic E-state index is 6.24. The van der Waals surface area contributed by atoms with E-state index in [1.165, 1.54) is 61.0 Å². The van der Waals surface area contributed by atoms with E-state index in [1.807, 2.05) is 6.20 Å². The number of hydrogen-bond acceptors (Lipinski definition) is 5. The highest BCUT2D eigenvalue weighted by molar-refractivity contribution is 7.17. The number of pyridine rings is 1. The van der Waals surface area contributed by atoms with Crippen LogP contribution in [0.25, 0.3) is 21.3 Å². The van der Waals surface area contributed by atoms with Crippen molar-refractivity contribution in [3.63, 3.8) is 0 Å². The van der Waals surface area contributed by atoms with Gasteiger partial charge in [0, 0.05) is 66.9 Å². The highest BCUT2D eigenvalue weighted by atomic mass is 32.1. The first-order chi connectivity index (χ1) is 14.8. The zero-order valence-corrected chi connectivity index (χ0v) is 18.6. The molecular formula is C25H31N3OS. The van der Waals surface area contributed by atoms with E-state index in [-0.39, 0.29) is 0 Å². The zero-order chi connectivity index (χ0) is 20.3. The minimum Gasteiger partial charge on any atom is -0.371 e. The van der Waals surface area contributed by atoms with Gasteiger partial charge < -0.3 is 9.64 Å². The van der Waals surface area contributed by atoms with Crippen molar-refractivity contribution in [1.82, 2.24) is 9.88 Å². The second-order valence-electron chi connectivity index (χ2n) is 8.44. The third kappa shape index (κ3) is 3.86. The Morgan fingerprint density at radius 1 is 1.07 bits per heavy atom. The summed E-state index contributed by atoms with van der Waals surface area (Å²) in [5.74, 6) is 0.632. The van der Waals surface area contributed by atoms with Gasteiger partial charge in [-0.3, -0.25) is 4.90 Å². The smallest absolute Gasteiger partial charge is 0.125 e. The van der Waals surface area contributed by atoms with Crippen LogP contribution in [0.1, 0.15) is 32.6 Å². The molecule has 1 aromatic carbocycles. The van der Waals surface area contributed by atoms with Crippen LogP contribution in [0.5, 0.6) is 0 Å². The van der Waals surface area contributed by atoms with Crippen LogP contribution in [0, 0.1) is 5.92 Å². The number of nitrogens with zero attached hydrogens (tertiary/aromatic N) is 3. The summed E-state index contributed by atoms with van der Waals surface area (Å²) in [6, 6.07) is 12.9. The lowest BCUT2D eigenvalue weighted by molar-refractivity contribution is -0.0858. The summed E-state index contributed by atoms with van der Waals surface area (Å²) >= 11 is 1.75. The number of thiophene rings is 1. The number of rotatable bonds is 6. The molecule has 4 heterocycles. The molecule has 0 spiro atoms. The Balaban J connectivity index is 1.38. The molecule has 1 atom stereocenters. The number of hydrogen-bond donors (Lipinski definition) is 0. The van der Waals surface area contributed by atoms with Crippen LogP contribution < -0.4 is 4.90 Å². The molecule has 0 aliphatic carbocycles. The lowest BCUT2D eigenvalue weighted by Gasteiger charge is -2.40. The number of fused-ring (bicyclic) bond motifs is 1. The first-order valence-electron chi connectivity index (χ1n) is 11.4. The number of likely N-dealkylation sites (tertiary alicyclic amines) is 1. The molecule has 5 heteroatoms. The van der Waals surface area contributed by atoms with Gasteiger partial charge in [-0.25, -0.2) is 4.98 Å². The van der Waals surface area contributed by atoms with Gasteiger partial charge in [0.05, 0.1) is 0 Å². The Kier molecular flexibility index (Phi) is 6.02. The molecule has 158 valence electrons. The van der Waals surface area contributed by atoms with Crippen LogP contribution in [-0.4, -0.2) is 48.9 Å². The molecule has 2 aliphatic heterocycles. The Bertz CT molecular complexity index is 959. The van der Waals surface area contributed by atoms with Crippen molar-refractivity contribution >= 4 is 27.2 Å². The SMILES string of the molecule is CCOC(C1CCN(c2ccnc3scc(-c4ccccc4)c23)CC1)N1CCCC1. The number of aromatic nitrogens is 1. The molecule has 0 bridgehead atoms. The van der Waals surface area contributed by atoms with Crippen molar-refractivity contribution in [3.05, 3.63) is 48.0 Å². The third-order valence-electron chi connectivity index (χ3n) is 6.66. The summed E-state index contributed by atoms with van der Waals surface area (Å²) in [7, 11) is 0. The van der Waals surface area contributed by atoms with Gasteiger partial charge in [-0.05, 0) is 44.2 Å². The molecule has 4 nitrogen and oxygen atoms in total. The minimum absolute atomic E-state index is 0.304. The molecule has 1 unspecified atom stereocenters. The second-order valence-corrected chi connectivity index (χ2v) is 9.30. The molecule has 0 saturated carbocycles. The summed E-state index contributed by atoms with van der Waals surface area (Å²) in [6.07, 6.45) is 7.29. The van der Waals surface area contributed by atoms with E-state index in [0.717, 1.165) is 24.5 Å². The van der Waals surface area contributed by atoms with Crippen LogP contribution in [0.4, 0.5) is 5.69 Å². The topological polar surface area (TPSA) is 28.6 Å². The van der Waals surface area contributed by atoms with Crippen molar-refractivity contribution in [3.8, 4) is 11.1 Å². The van der Waals surface area contributed by atoms with Gasteiger partial charge >= 0.3 is 0 Å². The molecular weight excluding hydrogens is 390 g/mol. The zero-order valence-electron chi connectivity index (χ0n) is 17.8. The molecule has 2 aliphatic rings. The van der Waals surface area contributed by atoms with Gasteiger partial charge in [-0.1, -0.05) is 30.3 Å². The first kappa shape index (κ1) is 20.0. The average Bonchev–Trinajstić information content (AvgIpc) is 3.48. The molecule has 2 saturated heterocycles. The Morgan fingerprint density at radius 3 is 2.57 bits per heavy atom. The van der Waals surface area contributed by atoms with Crippen LogP contribution in [0.2, 0.25) is 0 Å². The van der Waals surface area contributed by atoms with E-state index in [2.05, 4.69) is 63.5 Å². The normalized spacial score (nSPS) is 19.6. The van der Waals surface area contributed by atoms with E-state index in [1.54, 1.807) is 11.3 Å². The molecule has 5 rings (SSSR count). The highest BCUT2D eigenvalue weighted by Crippen LogP contribution is 2.40. The third-order valence-corrected chi connectivity index (χ3v) is 7.54. The van der Waals surface area contributed by atoms with Gasteiger partial charge in [0.25, 0.3) is 0 Å². The minimum atomic E-state index is 0.304. The largest absolute Gasteiger partial charge is 0.371 e. The maximum Gasteiger partial charge on any atom is 0.125 e. The monoisotopic (exact) mass is 421 g/mol.